The minimum absolute atomic E-state index is 0.0328. The Morgan fingerprint density at radius 1 is 1.03 bits per heavy atom. The lowest BCUT2D eigenvalue weighted by Gasteiger charge is -2.22. The first-order valence-corrected chi connectivity index (χ1v) is 12.4. The Morgan fingerprint density at radius 2 is 1.73 bits per heavy atom. The Morgan fingerprint density at radius 3 is 2.45 bits per heavy atom. The Labute approximate surface area is 202 Å². The second-order valence-electron chi connectivity index (χ2n) is 6.95. The van der Waals surface area contributed by atoms with Crippen LogP contribution in [0.3, 0.4) is 0 Å². The van der Waals surface area contributed by atoms with Gasteiger partial charge in [0.15, 0.2) is 0 Å². The second-order valence-corrected chi connectivity index (χ2v) is 9.64. The van der Waals surface area contributed by atoms with Crippen LogP contribution in [0.4, 0.5) is 5.69 Å². The lowest BCUT2D eigenvalue weighted by atomic mass is 10.2. The number of hydrogen-bond acceptors (Lipinski definition) is 5. The van der Waals surface area contributed by atoms with E-state index in [-0.39, 0.29) is 15.7 Å². The molecule has 0 unspecified atom stereocenters. The van der Waals surface area contributed by atoms with Gasteiger partial charge in [-0.25, -0.2) is 13.8 Å². The average molecular weight is 506 g/mol. The summed E-state index contributed by atoms with van der Waals surface area (Å²) in [5.74, 6) is -0.0711. The number of hydrogen-bond donors (Lipinski definition) is 1. The molecule has 0 saturated carbocycles. The van der Waals surface area contributed by atoms with Crippen LogP contribution in [0, 0.1) is 0 Å². The highest BCUT2D eigenvalue weighted by Crippen LogP contribution is 2.33. The molecule has 1 amide bonds. The summed E-state index contributed by atoms with van der Waals surface area (Å²) in [5.41, 5.74) is 4.09. The number of hydrazone groups is 1. The lowest BCUT2D eigenvalue weighted by molar-refractivity contribution is -0.119. The SMILES string of the molecule is CS(=O)(=O)N(CC(=O)N/N=C\c1ccccc1OCc1ccccc1)c1cccc(Cl)c1Cl. The molecule has 3 rings (SSSR count). The summed E-state index contributed by atoms with van der Waals surface area (Å²) in [6.07, 6.45) is 2.40. The van der Waals surface area contributed by atoms with Gasteiger partial charge in [0.1, 0.15) is 18.9 Å². The van der Waals surface area contributed by atoms with Gasteiger partial charge < -0.3 is 4.74 Å². The van der Waals surface area contributed by atoms with Crippen molar-refractivity contribution in [1.29, 1.82) is 0 Å². The molecule has 0 atom stereocenters. The fraction of sp³-hybridized carbons (Fsp3) is 0.130. The minimum Gasteiger partial charge on any atom is -0.488 e. The molecule has 33 heavy (non-hydrogen) atoms. The number of anilines is 1. The molecule has 172 valence electrons. The highest BCUT2D eigenvalue weighted by atomic mass is 35.5. The molecule has 1 N–H and O–H groups in total. The number of amides is 1. The van der Waals surface area contributed by atoms with Crippen molar-refractivity contribution in [2.24, 2.45) is 5.10 Å². The first-order chi connectivity index (χ1) is 15.8. The largest absolute Gasteiger partial charge is 0.488 e. The van der Waals surface area contributed by atoms with Crippen molar-refractivity contribution in [3.05, 3.63) is 94.0 Å². The van der Waals surface area contributed by atoms with Crippen LogP contribution >= 0.6 is 23.2 Å². The van der Waals surface area contributed by atoms with Gasteiger partial charge in [-0.2, -0.15) is 5.10 Å². The molecule has 0 saturated heterocycles. The molecular formula is C23H21Cl2N3O4S. The number of para-hydroxylation sites is 1. The van der Waals surface area contributed by atoms with E-state index >= 15 is 0 Å². The average Bonchev–Trinajstić information content (AvgIpc) is 2.79. The molecule has 0 aliphatic carbocycles. The van der Waals surface area contributed by atoms with Crippen molar-refractivity contribution in [2.75, 3.05) is 17.1 Å². The van der Waals surface area contributed by atoms with Gasteiger partial charge in [-0.15, -0.1) is 0 Å². The monoisotopic (exact) mass is 505 g/mol. The van der Waals surface area contributed by atoms with Gasteiger partial charge >= 0.3 is 0 Å². The zero-order valence-corrected chi connectivity index (χ0v) is 19.9. The van der Waals surface area contributed by atoms with Crippen molar-refractivity contribution in [2.45, 2.75) is 6.61 Å². The lowest BCUT2D eigenvalue weighted by Crippen LogP contribution is -2.39. The molecule has 10 heteroatoms. The highest BCUT2D eigenvalue weighted by Gasteiger charge is 2.23. The van der Waals surface area contributed by atoms with E-state index in [0.29, 0.717) is 17.9 Å². The molecule has 0 fully saturated rings. The summed E-state index contributed by atoms with van der Waals surface area (Å²) in [5, 5.41) is 4.15. The third-order valence-corrected chi connectivity index (χ3v) is 6.37. The number of carbonyl (C=O) groups is 1. The van der Waals surface area contributed by atoms with E-state index in [1.165, 1.54) is 18.3 Å². The van der Waals surface area contributed by atoms with Crippen LogP contribution in [0.2, 0.25) is 10.0 Å². The number of ether oxygens (including phenoxy) is 1. The standard InChI is InChI=1S/C23H21Cl2N3O4S/c1-33(30,31)28(20-12-7-11-19(24)23(20)25)15-22(29)27-26-14-18-10-5-6-13-21(18)32-16-17-8-3-2-4-9-17/h2-14H,15-16H2,1H3,(H,27,29)/b26-14-. The van der Waals surface area contributed by atoms with E-state index < -0.39 is 22.5 Å². The first kappa shape index (κ1) is 24.6. The van der Waals surface area contributed by atoms with E-state index in [0.717, 1.165) is 16.1 Å². The quantitative estimate of drug-likeness (QED) is 0.342. The van der Waals surface area contributed by atoms with Crippen molar-refractivity contribution < 1.29 is 17.9 Å². The maximum absolute atomic E-state index is 12.4. The Balaban J connectivity index is 1.67. The van der Waals surface area contributed by atoms with Crippen LogP contribution in [-0.4, -0.2) is 33.3 Å². The van der Waals surface area contributed by atoms with E-state index in [1.807, 2.05) is 42.5 Å². The smallest absolute Gasteiger partial charge is 0.260 e. The predicted octanol–water partition coefficient (Wildman–Crippen LogP) is 4.49. The molecule has 0 spiro atoms. The van der Waals surface area contributed by atoms with E-state index in [2.05, 4.69) is 10.5 Å². The highest BCUT2D eigenvalue weighted by molar-refractivity contribution is 7.92. The number of sulfonamides is 1. The van der Waals surface area contributed by atoms with Crippen LogP contribution in [0.25, 0.3) is 0 Å². The normalized spacial score (nSPS) is 11.4. The van der Waals surface area contributed by atoms with E-state index in [9.17, 15) is 13.2 Å². The van der Waals surface area contributed by atoms with Crippen molar-refractivity contribution in [3.8, 4) is 5.75 Å². The first-order valence-electron chi connectivity index (χ1n) is 9.75. The van der Waals surface area contributed by atoms with Crippen LogP contribution < -0.4 is 14.5 Å². The van der Waals surface area contributed by atoms with Crippen LogP contribution in [0.15, 0.2) is 77.9 Å². The molecule has 0 aromatic heterocycles. The number of nitrogens with zero attached hydrogens (tertiary/aromatic N) is 2. The van der Waals surface area contributed by atoms with Gasteiger partial charge in [0.25, 0.3) is 5.91 Å². The number of carbonyl (C=O) groups excluding carboxylic acids is 1. The maximum Gasteiger partial charge on any atom is 0.260 e. The summed E-state index contributed by atoms with van der Waals surface area (Å²) < 4.78 is 31.2. The summed E-state index contributed by atoms with van der Waals surface area (Å²) in [6.45, 7) is -0.149. The zero-order valence-electron chi connectivity index (χ0n) is 17.6. The van der Waals surface area contributed by atoms with Gasteiger partial charge in [0, 0.05) is 5.56 Å². The van der Waals surface area contributed by atoms with Crippen LogP contribution in [-0.2, 0) is 21.4 Å². The third kappa shape index (κ3) is 6.95. The van der Waals surface area contributed by atoms with E-state index in [1.54, 1.807) is 18.2 Å². The van der Waals surface area contributed by atoms with Crippen molar-refractivity contribution in [1.82, 2.24) is 5.43 Å². The molecule has 0 aliphatic heterocycles. The third-order valence-electron chi connectivity index (χ3n) is 4.44. The minimum atomic E-state index is -3.81. The molecule has 0 bridgehead atoms. The molecule has 0 aliphatic rings. The van der Waals surface area contributed by atoms with Gasteiger partial charge in [-0.05, 0) is 29.8 Å². The fourth-order valence-electron chi connectivity index (χ4n) is 2.86. The zero-order chi connectivity index (χ0) is 23.8. The maximum atomic E-state index is 12.4. The van der Waals surface area contributed by atoms with E-state index in [4.69, 9.17) is 27.9 Å². The Hall–Kier alpha value is -3.07. The van der Waals surface area contributed by atoms with Gasteiger partial charge in [0.05, 0.1) is 28.2 Å². The van der Waals surface area contributed by atoms with Crippen LogP contribution in [0.1, 0.15) is 11.1 Å². The summed E-state index contributed by atoms with van der Waals surface area (Å²) in [4.78, 5) is 12.4. The molecule has 3 aromatic rings. The number of nitrogens with one attached hydrogen (secondary N) is 1. The Bertz CT molecular complexity index is 1250. The second kappa shape index (κ2) is 11.2. The molecule has 0 radical (unpaired) electrons. The number of benzene rings is 3. The topological polar surface area (TPSA) is 88.1 Å². The van der Waals surface area contributed by atoms with Crippen molar-refractivity contribution in [3.63, 3.8) is 0 Å². The Kier molecular flexibility index (Phi) is 8.32. The molecular weight excluding hydrogens is 485 g/mol. The summed E-state index contributed by atoms with van der Waals surface area (Å²) >= 11 is 12.1. The van der Waals surface area contributed by atoms with Gasteiger partial charge in [-0.3, -0.25) is 9.10 Å². The molecule has 7 nitrogen and oxygen atoms in total. The number of halogens is 2. The van der Waals surface area contributed by atoms with Crippen LogP contribution in [0.5, 0.6) is 5.75 Å². The number of rotatable bonds is 9. The molecule has 0 heterocycles. The fourth-order valence-corrected chi connectivity index (χ4v) is 4.17. The van der Waals surface area contributed by atoms with Gasteiger partial charge in [-0.1, -0.05) is 71.7 Å². The van der Waals surface area contributed by atoms with Crippen molar-refractivity contribution >= 4 is 51.0 Å². The summed E-state index contributed by atoms with van der Waals surface area (Å²) in [6, 6.07) is 21.4. The summed E-state index contributed by atoms with van der Waals surface area (Å²) in [7, 11) is -3.81. The van der Waals surface area contributed by atoms with Gasteiger partial charge in [0.2, 0.25) is 10.0 Å². The predicted molar refractivity (Wildman–Crippen MR) is 132 cm³/mol. The molecule has 3 aromatic carbocycles.